The highest BCUT2D eigenvalue weighted by Crippen LogP contribution is 2.46. The van der Waals surface area contributed by atoms with Crippen LogP contribution < -0.4 is 10.2 Å². The topological polar surface area (TPSA) is 58.6 Å². The minimum absolute atomic E-state index is 0.0665. The van der Waals surface area contributed by atoms with E-state index in [0.29, 0.717) is 6.54 Å². The maximum atomic E-state index is 13.1. The van der Waals surface area contributed by atoms with Gasteiger partial charge in [-0.3, -0.25) is 4.79 Å². The van der Waals surface area contributed by atoms with Crippen molar-refractivity contribution in [3.8, 4) is 0 Å². The molecule has 0 aromatic heterocycles. The fourth-order valence-electron chi connectivity index (χ4n) is 4.12. The molecule has 0 unspecified atom stereocenters. The fraction of sp³-hybridized carbons (Fsp3) is 0.619. The lowest BCUT2D eigenvalue weighted by Crippen LogP contribution is -2.40. The summed E-state index contributed by atoms with van der Waals surface area (Å²) in [4.78, 5) is 26.8. The molecule has 142 valence electrons. The number of nitrogens with one attached hydrogen (secondary N) is 1. The van der Waals surface area contributed by atoms with Gasteiger partial charge in [0.1, 0.15) is 6.10 Å². The van der Waals surface area contributed by atoms with Crippen molar-refractivity contribution in [1.29, 1.82) is 0 Å². The second-order valence-corrected chi connectivity index (χ2v) is 7.54. The van der Waals surface area contributed by atoms with Crippen LogP contribution in [0.5, 0.6) is 0 Å². The van der Waals surface area contributed by atoms with Crippen LogP contribution in [0.25, 0.3) is 0 Å². The van der Waals surface area contributed by atoms with Gasteiger partial charge < -0.3 is 15.0 Å². The molecule has 0 radical (unpaired) electrons. The molecule has 1 aliphatic carbocycles. The lowest BCUT2D eigenvalue weighted by molar-refractivity contribution is -0.128. The molecule has 0 bridgehead atoms. The van der Waals surface area contributed by atoms with Crippen molar-refractivity contribution >= 4 is 17.7 Å². The zero-order chi connectivity index (χ0) is 18.6. The number of rotatable bonds is 5. The number of alkyl carbamates (subject to hydrolysis) is 1. The first-order chi connectivity index (χ1) is 12.6. The maximum Gasteiger partial charge on any atom is 0.407 e. The van der Waals surface area contributed by atoms with E-state index in [4.69, 9.17) is 4.74 Å². The highest BCUT2D eigenvalue weighted by molar-refractivity contribution is 6.00. The zero-order valence-electron chi connectivity index (χ0n) is 15.9. The number of hydrogen-bond donors (Lipinski definition) is 1. The molecular formula is C21H30N2O3. The van der Waals surface area contributed by atoms with E-state index in [-0.39, 0.29) is 23.5 Å². The van der Waals surface area contributed by atoms with Gasteiger partial charge in [0.25, 0.3) is 0 Å². The SMILES string of the molecule is CCCNC(=O)O[C@H]1CC[C@@]2(CCN(c3ccc(CC)cc3)C2=O)CC1. The van der Waals surface area contributed by atoms with Crippen LogP contribution in [0.1, 0.15) is 57.9 Å². The van der Waals surface area contributed by atoms with Gasteiger partial charge in [0.2, 0.25) is 5.91 Å². The van der Waals surface area contributed by atoms with Crippen LogP contribution >= 0.6 is 0 Å². The van der Waals surface area contributed by atoms with Crippen LogP contribution in [0.4, 0.5) is 10.5 Å². The molecule has 1 N–H and O–H groups in total. The average molecular weight is 358 g/mol. The van der Waals surface area contributed by atoms with E-state index in [1.54, 1.807) is 0 Å². The second kappa shape index (κ2) is 8.11. The summed E-state index contributed by atoms with van der Waals surface area (Å²) in [5, 5.41) is 2.75. The Kier molecular flexibility index (Phi) is 5.84. The predicted octanol–water partition coefficient (Wildman–Crippen LogP) is 4.05. The Morgan fingerprint density at radius 1 is 1.19 bits per heavy atom. The molecule has 1 saturated heterocycles. The van der Waals surface area contributed by atoms with Gasteiger partial charge in [0.05, 0.1) is 5.41 Å². The summed E-state index contributed by atoms with van der Waals surface area (Å²) in [6, 6.07) is 8.33. The van der Waals surface area contributed by atoms with Gasteiger partial charge in [-0.05, 0) is 62.6 Å². The van der Waals surface area contributed by atoms with Gasteiger partial charge in [-0.25, -0.2) is 4.79 Å². The lowest BCUT2D eigenvalue weighted by atomic mass is 9.72. The predicted molar refractivity (Wildman–Crippen MR) is 102 cm³/mol. The monoisotopic (exact) mass is 358 g/mol. The summed E-state index contributed by atoms with van der Waals surface area (Å²) in [5.74, 6) is 0.246. The molecule has 1 aromatic carbocycles. The largest absolute Gasteiger partial charge is 0.446 e. The number of nitrogens with zero attached hydrogens (tertiary/aromatic N) is 1. The van der Waals surface area contributed by atoms with Crippen molar-refractivity contribution in [2.45, 2.75) is 64.9 Å². The quantitative estimate of drug-likeness (QED) is 0.864. The summed E-state index contributed by atoms with van der Waals surface area (Å²) >= 11 is 0. The van der Waals surface area contributed by atoms with Crippen LogP contribution in [-0.4, -0.2) is 31.2 Å². The van der Waals surface area contributed by atoms with Crippen molar-refractivity contribution in [2.24, 2.45) is 5.41 Å². The normalized spacial score (nSPS) is 25.5. The molecular weight excluding hydrogens is 328 g/mol. The standard InChI is InChI=1S/C21H30N2O3/c1-3-14-22-20(25)26-18-9-11-21(12-10-18)13-15-23(19(21)24)17-7-5-16(4-2)6-8-17/h5-8,18H,3-4,9-15H2,1-2H3,(H,22,25)/t18-,21-. The molecule has 2 fully saturated rings. The molecule has 2 aliphatic rings. The molecule has 1 aromatic rings. The van der Waals surface area contributed by atoms with Crippen molar-refractivity contribution in [1.82, 2.24) is 5.32 Å². The van der Waals surface area contributed by atoms with Crippen molar-refractivity contribution in [2.75, 3.05) is 18.0 Å². The Hall–Kier alpha value is -2.04. The molecule has 3 rings (SSSR count). The molecule has 5 heteroatoms. The summed E-state index contributed by atoms with van der Waals surface area (Å²) in [6.45, 7) is 5.57. The van der Waals surface area contributed by atoms with Gasteiger partial charge in [0.15, 0.2) is 0 Å². The number of carbonyl (C=O) groups excluding carboxylic acids is 2. The molecule has 0 atom stereocenters. The van der Waals surface area contributed by atoms with E-state index >= 15 is 0 Å². The van der Waals surface area contributed by atoms with Gasteiger partial charge in [-0.2, -0.15) is 0 Å². The van der Waals surface area contributed by atoms with Crippen molar-refractivity contribution < 1.29 is 14.3 Å². The fourth-order valence-corrected chi connectivity index (χ4v) is 4.12. The van der Waals surface area contributed by atoms with Crippen LogP contribution in [0.2, 0.25) is 0 Å². The van der Waals surface area contributed by atoms with Crippen LogP contribution in [-0.2, 0) is 16.0 Å². The van der Waals surface area contributed by atoms with E-state index in [2.05, 4.69) is 36.5 Å². The molecule has 1 saturated carbocycles. The van der Waals surface area contributed by atoms with Gasteiger partial charge in [-0.15, -0.1) is 0 Å². The number of carbonyl (C=O) groups is 2. The Bertz CT molecular complexity index is 633. The van der Waals surface area contributed by atoms with Crippen molar-refractivity contribution in [3.63, 3.8) is 0 Å². The van der Waals surface area contributed by atoms with Gasteiger partial charge >= 0.3 is 6.09 Å². The van der Waals surface area contributed by atoms with Crippen molar-refractivity contribution in [3.05, 3.63) is 29.8 Å². The third-order valence-corrected chi connectivity index (χ3v) is 5.85. The molecule has 1 spiro atoms. The van der Waals surface area contributed by atoms with E-state index in [0.717, 1.165) is 57.2 Å². The number of aryl methyl sites for hydroxylation is 1. The third-order valence-electron chi connectivity index (χ3n) is 5.85. The summed E-state index contributed by atoms with van der Waals surface area (Å²) in [7, 11) is 0. The second-order valence-electron chi connectivity index (χ2n) is 7.54. The van der Waals surface area contributed by atoms with Crippen LogP contribution in [0.3, 0.4) is 0 Å². The summed E-state index contributed by atoms with van der Waals surface area (Å²) < 4.78 is 5.49. The highest BCUT2D eigenvalue weighted by atomic mass is 16.6. The van der Waals surface area contributed by atoms with Crippen LogP contribution in [0.15, 0.2) is 24.3 Å². The first-order valence-corrected chi connectivity index (χ1v) is 9.93. The number of anilines is 1. The van der Waals surface area contributed by atoms with E-state index in [9.17, 15) is 9.59 Å². The number of benzene rings is 1. The van der Waals surface area contributed by atoms with E-state index in [1.807, 2.05) is 11.8 Å². The maximum absolute atomic E-state index is 13.1. The molecule has 2 amide bonds. The number of amides is 2. The molecule has 1 heterocycles. The third kappa shape index (κ3) is 3.87. The smallest absolute Gasteiger partial charge is 0.407 e. The average Bonchev–Trinajstić information content (AvgIpc) is 2.98. The first-order valence-electron chi connectivity index (χ1n) is 9.93. The van der Waals surface area contributed by atoms with E-state index < -0.39 is 0 Å². The molecule has 26 heavy (non-hydrogen) atoms. The summed E-state index contributed by atoms with van der Waals surface area (Å²) in [5.41, 5.74) is 2.03. The minimum atomic E-state index is -0.330. The Labute approximate surface area is 156 Å². The highest BCUT2D eigenvalue weighted by Gasteiger charge is 2.49. The Morgan fingerprint density at radius 3 is 2.50 bits per heavy atom. The molecule has 5 nitrogen and oxygen atoms in total. The Morgan fingerprint density at radius 2 is 1.88 bits per heavy atom. The molecule has 1 aliphatic heterocycles. The zero-order valence-corrected chi connectivity index (χ0v) is 15.9. The van der Waals surface area contributed by atoms with Crippen LogP contribution in [0, 0.1) is 5.41 Å². The van der Waals surface area contributed by atoms with Gasteiger partial charge in [0, 0.05) is 18.8 Å². The number of ether oxygens (including phenoxy) is 1. The van der Waals surface area contributed by atoms with Gasteiger partial charge in [-0.1, -0.05) is 26.0 Å². The van der Waals surface area contributed by atoms with E-state index in [1.165, 1.54) is 5.56 Å². The minimum Gasteiger partial charge on any atom is -0.446 e. The summed E-state index contributed by atoms with van der Waals surface area (Å²) in [6.07, 6.45) is 5.56. The lowest BCUT2D eigenvalue weighted by Gasteiger charge is -2.35. The Balaban J connectivity index is 1.57. The first kappa shape index (κ1) is 18.7. The number of hydrogen-bond acceptors (Lipinski definition) is 3.